The molecule has 1 aromatic heterocycles. The molecule has 0 amide bonds. The Labute approximate surface area is 137 Å². The number of esters is 1. The third-order valence-corrected chi connectivity index (χ3v) is 3.05. The molecule has 8 nitrogen and oxygen atoms in total. The molecular weight excluding hydrogens is 314 g/mol. The summed E-state index contributed by atoms with van der Waals surface area (Å²) in [5, 5.41) is 17.9. The number of hydrogen-bond acceptors (Lipinski definition) is 6. The zero-order valence-electron chi connectivity index (χ0n) is 13.1. The second-order valence-corrected chi connectivity index (χ2v) is 4.74. The highest BCUT2D eigenvalue weighted by Crippen LogP contribution is 2.23. The van der Waals surface area contributed by atoms with Crippen LogP contribution in [-0.2, 0) is 9.53 Å². The van der Waals surface area contributed by atoms with Gasteiger partial charge in [0.1, 0.15) is 0 Å². The first kappa shape index (κ1) is 17.0. The number of carbonyl (C=O) groups excluding carboxylic acids is 1. The summed E-state index contributed by atoms with van der Waals surface area (Å²) in [5.74, 6) is -1.66. The Kier molecular flexibility index (Phi) is 5.16. The molecule has 1 N–H and O–H groups in total. The van der Waals surface area contributed by atoms with Crippen molar-refractivity contribution in [3.63, 3.8) is 0 Å². The van der Waals surface area contributed by atoms with E-state index < -0.39 is 18.5 Å². The lowest BCUT2D eigenvalue weighted by Gasteiger charge is -2.11. The van der Waals surface area contributed by atoms with E-state index >= 15 is 0 Å². The van der Waals surface area contributed by atoms with Crippen molar-refractivity contribution in [2.24, 2.45) is 0 Å². The fraction of sp³-hybridized carbons (Fsp3) is 0.250. The molecule has 124 valence electrons. The van der Waals surface area contributed by atoms with Crippen molar-refractivity contribution in [2.75, 3.05) is 13.2 Å². The Morgan fingerprint density at radius 2 is 2.17 bits per heavy atom. The van der Waals surface area contributed by atoms with Gasteiger partial charge < -0.3 is 14.7 Å². The van der Waals surface area contributed by atoms with Gasteiger partial charge in [0, 0.05) is 5.56 Å². The molecule has 8 heteroatoms. The largest absolute Gasteiger partial charge is 0.479 e. The average molecular weight is 329 g/mol. The Hall–Kier alpha value is -3.34. The number of benzene rings is 1. The van der Waals surface area contributed by atoms with Gasteiger partial charge in [-0.05, 0) is 26.0 Å². The first-order chi connectivity index (χ1) is 11.5. The summed E-state index contributed by atoms with van der Waals surface area (Å²) in [4.78, 5) is 32.4. The summed E-state index contributed by atoms with van der Waals surface area (Å²) in [5.41, 5.74) is 1.25. The van der Waals surface area contributed by atoms with Crippen LogP contribution in [0.15, 0.2) is 24.3 Å². The number of carbonyl (C=O) groups is 2. The van der Waals surface area contributed by atoms with E-state index in [0.717, 1.165) is 4.73 Å². The first-order valence-corrected chi connectivity index (χ1v) is 7.10. The molecule has 0 saturated heterocycles. The van der Waals surface area contributed by atoms with Crippen LogP contribution in [0.1, 0.15) is 28.7 Å². The lowest BCUT2D eigenvalue weighted by molar-refractivity contribution is -0.142. The molecule has 2 rings (SSSR count). The molecule has 1 heterocycles. The maximum absolute atomic E-state index is 12.1. The molecule has 24 heavy (non-hydrogen) atoms. The highest BCUT2D eigenvalue weighted by atomic mass is 16.7. The Balaban J connectivity index is 2.57. The van der Waals surface area contributed by atoms with Crippen LogP contribution < -0.4 is 4.84 Å². The Morgan fingerprint density at radius 1 is 1.42 bits per heavy atom. The van der Waals surface area contributed by atoms with E-state index in [0.29, 0.717) is 16.8 Å². The van der Waals surface area contributed by atoms with Gasteiger partial charge in [-0.3, -0.25) is 0 Å². The molecule has 0 atom stereocenters. The van der Waals surface area contributed by atoms with Crippen LogP contribution in [0.25, 0.3) is 11.4 Å². The van der Waals surface area contributed by atoms with Gasteiger partial charge in [0.05, 0.1) is 23.9 Å². The standard InChI is InChI=1S/C16H15N3O5/c1-3-23-16(22)14-10(2)18-15(19(14)24-9-13(20)21)12-6-4-5-11(7-12)8-17/h4-7H,3,9H2,1-2H3,(H,20,21). The van der Waals surface area contributed by atoms with E-state index in [1.54, 1.807) is 38.1 Å². The van der Waals surface area contributed by atoms with E-state index in [1.807, 2.05) is 6.07 Å². The first-order valence-electron chi connectivity index (χ1n) is 7.10. The fourth-order valence-electron chi connectivity index (χ4n) is 2.10. The number of nitriles is 1. The smallest absolute Gasteiger partial charge is 0.360 e. The van der Waals surface area contributed by atoms with Crippen LogP contribution in [0.2, 0.25) is 0 Å². The highest BCUT2D eigenvalue weighted by molar-refractivity contribution is 5.89. The van der Waals surface area contributed by atoms with E-state index in [-0.39, 0.29) is 18.1 Å². The number of nitrogens with zero attached hydrogens (tertiary/aromatic N) is 3. The van der Waals surface area contributed by atoms with Crippen LogP contribution >= 0.6 is 0 Å². The molecule has 0 unspecified atom stereocenters. The van der Waals surface area contributed by atoms with Gasteiger partial charge in [0.25, 0.3) is 0 Å². The molecule has 0 fully saturated rings. The van der Waals surface area contributed by atoms with Crippen molar-refractivity contribution in [1.29, 1.82) is 5.26 Å². The molecule has 0 bridgehead atoms. The van der Waals surface area contributed by atoms with E-state index in [9.17, 15) is 9.59 Å². The number of carboxylic acid groups (broad SMARTS) is 1. The number of carboxylic acids is 1. The quantitative estimate of drug-likeness (QED) is 0.797. The molecule has 0 radical (unpaired) electrons. The minimum atomic E-state index is -1.20. The molecular formula is C16H15N3O5. The molecule has 0 aliphatic heterocycles. The van der Waals surface area contributed by atoms with Crippen LogP contribution in [0.4, 0.5) is 0 Å². The van der Waals surface area contributed by atoms with E-state index in [4.69, 9.17) is 19.9 Å². The fourth-order valence-corrected chi connectivity index (χ4v) is 2.10. The second-order valence-electron chi connectivity index (χ2n) is 4.74. The average Bonchev–Trinajstić information content (AvgIpc) is 2.89. The topological polar surface area (TPSA) is 114 Å². The maximum Gasteiger partial charge on any atom is 0.360 e. The van der Waals surface area contributed by atoms with Gasteiger partial charge in [0.15, 0.2) is 11.5 Å². The van der Waals surface area contributed by atoms with Crippen LogP contribution in [0.3, 0.4) is 0 Å². The summed E-state index contributed by atoms with van der Waals surface area (Å²) in [7, 11) is 0. The molecule has 1 aromatic carbocycles. The number of imidazole rings is 1. The molecule has 0 spiro atoms. The summed E-state index contributed by atoms with van der Waals surface area (Å²) >= 11 is 0. The maximum atomic E-state index is 12.1. The van der Waals surface area contributed by atoms with Crippen molar-refractivity contribution in [3.8, 4) is 17.5 Å². The van der Waals surface area contributed by atoms with Crippen LogP contribution in [0, 0.1) is 18.3 Å². The molecule has 2 aromatic rings. The molecule has 0 saturated carbocycles. The number of aromatic nitrogens is 2. The van der Waals surface area contributed by atoms with Gasteiger partial charge in [-0.25, -0.2) is 14.6 Å². The summed E-state index contributed by atoms with van der Waals surface area (Å²) in [6.45, 7) is 2.74. The molecule has 0 aliphatic carbocycles. The summed E-state index contributed by atoms with van der Waals surface area (Å²) < 4.78 is 6.01. The normalized spacial score (nSPS) is 10.0. The summed E-state index contributed by atoms with van der Waals surface area (Å²) in [6, 6.07) is 8.53. The lowest BCUT2D eigenvalue weighted by atomic mass is 10.1. The van der Waals surface area contributed by atoms with Crippen LogP contribution in [-0.4, -0.2) is 40.0 Å². The van der Waals surface area contributed by atoms with Crippen molar-refractivity contribution >= 4 is 11.9 Å². The van der Waals surface area contributed by atoms with Gasteiger partial charge >= 0.3 is 11.9 Å². The number of hydrogen-bond donors (Lipinski definition) is 1. The molecule has 0 aliphatic rings. The predicted octanol–water partition coefficient (Wildman–Crippen LogP) is 1.42. The van der Waals surface area contributed by atoms with Crippen molar-refractivity contribution < 1.29 is 24.3 Å². The third-order valence-electron chi connectivity index (χ3n) is 3.05. The lowest BCUT2D eigenvalue weighted by Crippen LogP contribution is -2.24. The zero-order chi connectivity index (χ0) is 17.7. The van der Waals surface area contributed by atoms with E-state index in [1.165, 1.54) is 0 Å². The van der Waals surface area contributed by atoms with Crippen molar-refractivity contribution in [2.45, 2.75) is 13.8 Å². The number of aliphatic carboxylic acids is 1. The van der Waals surface area contributed by atoms with E-state index in [2.05, 4.69) is 4.98 Å². The zero-order valence-corrected chi connectivity index (χ0v) is 13.1. The van der Waals surface area contributed by atoms with Gasteiger partial charge in [-0.15, -0.1) is 0 Å². The van der Waals surface area contributed by atoms with Gasteiger partial charge in [-0.1, -0.05) is 12.1 Å². The van der Waals surface area contributed by atoms with Gasteiger partial charge in [0.2, 0.25) is 6.61 Å². The second kappa shape index (κ2) is 7.28. The minimum Gasteiger partial charge on any atom is -0.479 e. The van der Waals surface area contributed by atoms with Gasteiger partial charge in [-0.2, -0.15) is 9.99 Å². The number of aryl methyl sites for hydroxylation is 1. The Morgan fingerprint density at radius 3 is 2.79 bits per heavy atom. The van der Waals surface area contributed by atoms with Crippen molar-refractivity contribution in [1.82, 2.24) is 9.71 Å². The van der Waals surface area contributed by atoms with Crippen molar-refractivity contribution in [3.05, 3.63) is 41.2 Å². The highest BCUT2D eigenvalue weighted by Gasteiger charge is 2.24. The summed E-state index contributed by atoms with van der Waals surface area (Å²) in [6.07, 6.45) is 0. The van der Waals surface area contributed by atoms with Crippen LogP contribution in [0.5, 0.6) is 0 Å². The number of rotatable bonds is 6. The monoisotopic (exact) mass is 329 g/mol. The Bertz CT molecular complexity index is 820. The third kappa shape index (κ3) is 3.52. The number of ether oxygens (including phenoxy) is 1. The SMILES string of the molecule is CCOC(=O)c1c(C)nc(-c2cccc(C#N)c2)n1OCC(=O)O. The minimum absolute atomic E-state index is 0.00969. The predicted molar refractivity (Wildman–Crippen MR) is 82.2 cm³/mol.